The lowest BCUT2D eigenvalue weighted by Gasteiger charge is -2.26. The van der Waals surface area contributed by atoms with Gasteiger partial charge in [-0.05, 0) is 93.3 Å². The number of hydrogen-bond donors (Lipinski definition) is 0. The molecule has 15 aromatic rings. The molecule has 70 heavy (non-hydrogen) atoms. The zero-order valence-electron chi connectivity index (χ0n) is 37.2. The van der Waals surface area contributed by atoms with Gasteiger partial charge in [0.25, 0.3) is 0 Å². The fraction of sp³-hybridized carbons (Fsp3) is 0. The third-order valence-corrected chi connectivity index (χ3v) is 16.8. The summed E-state index contributed by atoms with van der Waals surface area (Å²) < 4.78 is 9.47. The first kappa shape index (κ1) is 39.0. The van der Waals surface area contributed by atoms with Crippen LogP contribution in [0.2, 0.25) is 0 Å². The van der Waals surface area contributed by atoms with Crippen LogP contribution in [0.4, 0.5) is 0 Å². The van der Waals surface area contributed by atoms with Gasteiger partial charge in [-0.15, -0.1) is 22.7 Å². The molecule has 0 saturated heterocycles. The minimum Gasteiger partial charge on any atom is -0.307 e. The van der Waals surface area contributed by atoms with Crippen LogP contribution in [0.15, 0.2) is 206 Å². The van der Waals surface area contributed by atoms with Gasteiger partial charge in [0.2, 0.25) is 0 Å². The second-order valence-electron chi connectivity index (χ2n) is 18.2. The van der Waals surface area contributed by atoms with Crippen molar-refractivity contribution in [2.24, 2.45) is 0 Å². The molecule has 4 heterocycles. The number of para-hydroxylation sites is 2. The molecule has 0 aliphatic heterocycles. The van der Waals surface area contributed by atoms with E-state index in [0.29, 0.717) is 16.7 Å². The number of thiophene rings is 2. The van der Waals surface area contributed by atoms with Gasteiger partial charge in [-0.1, -0.05) is 146 Å². The monoisotopic (exact) mass is 922 g/mol. The molecule has 0 fully saturated rings. The van der Waals surface area contributed by atoms with Crippen molar-refractivity contribution in [2.75, 3.05) is 0 Å². The Labute approximate surface area is 408 Å². The normalized spacial score (nSPS) is 12.0. The van der Waals surface area contributed by atoms with Gasteiger partial charge < -0.3 is 9.13 Å². The van der Waals surface area contributed by atoms with Crippen LogP contribution in [0.1, 0.15) is 11.1 Å². The van der Waals surface area contributed by atoms with Gasteiger partial charge in [0.1, 0.15) is 12.1 Å². The molecule has 0 radical (unpaired) electrons. The molecule has 6 heteroatoms. The Kier molecular flexibility index (Phi) is 8.21. The molecule has 0 spiro atoms. The van der Waals surface area contributed by atoms with Crippen molar-refractivity contribution in [3.8, 4) is 45.8 Å². The first-order valence-corrected chi connectivity index (χ1v) is 25.0. The molecule has 322 valence electrons. The maximum Gasteiger partial charge on any atom is 0.102 e. The number of fused-ring (bicyclic) bond motifs is 14. The van der Waals surface area contributed by atoms with Crippen LogP contribution in [0.3, 0.4) is 0 Å². The van der Waals surface area contributed by atoms with Gasteiger partial charge in [0, 0.05) is 73.0 Å². The summed E-state index contributed by atoms with van der Waals surface area (Å²) in [4.78, 5) is 0. The zero-order chi connectivity index (χ0) is 46.2. The van der Waals surface area contributed by atoms with E-state index in [9.17, 15) is 10.5 Å². The summed E-state index contributed by atoms with van der Waals surface area (Å²) in [7, 11) is 0. The Morgan fingerprint density at radius 1 is 0.300 bits per heavy atom. The highest BCUT2D eigenvalue weighted by atomic mass is 32.1. The van der Waals surface area contributed by atoms with E-state index in [4.69, 9.17) is 0 Å². The number of nitrogens with zero attached hydrogens (tertiary/aromatic N) is 4. The molecule has 0 bridgehead atoms. The molecular formula is C64H34N4S2. The molecule has 4 aromatic heterocycles. The molecule has 0 amide bonds. The van der Waals surface area contributed by atoms with Crippen molar-refractivity contribution in [3.05, 3.63) is 217 Å². The van der Waals surface area contributed by atoms with Gasteiger partial charge in [-0.3, -0.25) is 0 Å². The highest BCUT2D eigenvalue weighted by molar-refractivity contribution is 7.26. The standard InChI is InChI=1S/C64H34N4S2/c65-35-51-61(41-27-25-37-13-1-3-15-39(37)29-41)52(36-66)64(68-54-22-10-6-18-44(54)48-32-50-46-20-8-12-24-58(46)70-60(50)34-56(48)68)62(42-28-26-38-14-2-4-16-40(38)30-42)63(51)67-53-21-9-5-17-43(53)47-31-49-45-19-7-11-23-57(45)69-59(49)33-55(47)67/h1-34H. The number of rotatable bonds is 4. The van der Waals surface area contributed by atoms with Crippen molar-refractivity contribution in [2.45, 2.75) is 0 Å². The van der Waals surface area contributed by atoms with Crippen LogP contribution >= 0.6 is 22.7 Å². The molecule has 0 N–H and O–H groups in total. The summed E-state index contributed by atoms with van der Waals surface area (Å²) in [6.07, 6.45) is 0. The van der Waals surface area contributed by atoms with Crippen molar-refractivity contribution in [3.63, 3.8) is 0 Å². The second-order valence-corrected chi connectivity index (χ2v) is 20.3. The predicted molar refractivity (Wildman–Crippen MR) is 296 cm³/mol. The highest BCUT2D eigenvalue weighted by Crippen LogP contribution is 2.51. The topological polar surface area (TPSA) is 57.4 Å². The summed E-state index contributed by atoms with van der Waals surface area (Å²) in [6.45, 7) is 0. The third-order valence-electron chi connectivity index (χ3n) is 14.5. The van der Waals surface area contributed by atoms with Crippen LogP contribution in [0.25, 0.3) is 139 Å². The van der Waals surface area contributed by atoms with Crippen LogP contribution in [-0.4, -0.2) is 9.13 Å². The molecule has 4 nitrogen and oxygen atoms in total. The Hall–Kier alpha value is -9.04. The predicted octanol–water partition coefficient (Wildman–Crippen LogP) is 18.0. The van der Waals surface area contributed by atoms with Crippen molar-refractivity contribution >= 4 is 128 Å². The molecule has 0 aliphatic carbocycles. The molecule has 0 atom stereocenters. The van der Waals surface area contributed by atoms with E-state index in [1.165, 1.54) is 40.3 Å². The van der Waals surface area contributed by atoms with Gasteiger partial charge in [-0.2, -0.15) is 10.5 Å². The van der Waals surface area contributed by atoms with E-state index >= 15 is 0 Å². The zero-order valence-corrected chi connectivity index (χ0v) is 38.9. The Morgan fingerprint density at radius 2 is 0.700 bits per heavy atom. The van der Waals surface area contributed by atoms with E-state index in [1.807, 2.05) is 12.1 Å². The van der Waals surface area contributed by atoms with Crippen LogP contribution in [-0.2, 0) is 0 Å². The first-order valence-electron chi connectivity index (χ1n) is 23.4. The molecule has 11 aromatic carbocycles. The van der Waals surface area contributed by atoms with Gasteiger partial charge in [0.05, 0.1) is 44.6 Å². The molecular weight excluding hydrogens is 889 g/mol. The van der Waals surface area contributed by atoms with Gasteiger partial charge in [0.15, 0.2) is 0 Å². The number of hydrogen-bond acceptors (Lipinski definition) is 4. The lowest BCUT2D eigenvalue weighted by Crippen LogP contribution is -2.11. The van der Waals surface area contributed by atoms with Crippen LogP contribution < -0.4 is 0 Å². The lowest BCUT2D eigenvalue weighted by atomic mass is 9.85. The Bertz CT molecular complexity index is 4640. The Morgan fingerprint density at radius 3 is 1.17 bits per heavy atom. The summed E-state index contributed by atoms with van der Waals surface area (Å²) >= 11 is 3.58. The van der Waals surface area contributed by atoms with E-state index < -0.39 is 0 Å². The van der Waals surface area contributed by atoms with Crippen molar-refractivity contribution < 1.29 is 0 Å². The minimum absolute atomic E-state index is 0.436. The van der Waals surface area contributed by atoms with Crippen LogP contribution in [0.5, 0.6) is 0 Å². The number of aromatic nitrogens is 2. The van der Waals surface area contributed by atoms with Crippen LogP contribution in [0, 0.1) is 22.7 Å². The molecule has 0 unspecified atom stereocenters. The second kappa shape index (κ2) is 14.7. The maximum atomic E-state index is 12.1. The molecule has 0 aliphatic rings. The molecule has 15 rings (SSSR count). The van der Waals surface area contributed by atoms with Crippen molar-refractivity contribution in [1.82, 2.24) is 9.13 Å². The minimum atomic E-state index is 0.436. The van der Waals surface area contributed by atoms with Gasteiger partial charge >= 0.3 is 0 Å². The van der Waals surface area contributed by atoms with E-state index in [-0.39, 0.29) is 0 Å². The van der Waals surface area contributed by atoms with E-state index in [2.05, 4.69) is 215 Å². The average molecular weight is 923 g/mol. The highest BCUT2D eigenvalue weighted by Gasteiger charge is 2.32. The van der Waals surface area contributed by atoms with E-state index in [0.717, 1.165) is 93.2 Å². The SMILES string of the molecule is N#Cc1c(-c2ccc3ccccc3c2)c(C#N)c(-n2c3ccccc3c3cc4c(cc32)sc2ccccc24)c(-c2ccc3ccccc3c2)c1-n1c2ccccc2c2cc3c(cc21)sc1ccccc13. The van der Waals surface area contributed by atoms with Gasteiger partial charge in [-0.25, -0.2) is 0 Å². The summed E-state index contributed by atoms with van der Waals surface area (Å²) in [5.41, 5.74) is 9.40. The largest absolute Gasteiger partial charge is 0.307 e. The fourth-order valence-corrected chi connectivity index (χ4v) is 13.7. The summed E-state index contributed by atoms with van der Waals surface area (Å²) in [5, 5.41) is 37.8. The lowest BCUT2D eigenvalue weighted by molar-refractivity contribution is 1.12. The number of nitriles is 2. The van der Waals surface area contributed by atoms with E-state index in [1.54, 1.807) is 22.7 Å². The maximum absolute atomic E-state index is 12.1. The fourth-order valence-electron chi connectivity index (χ4n) is 11.5. The number of benzene rings is 11. The van der Waals surface area contributed by atoms with Crippen molar-refractivity contribution in [1.29, 1.82) is 10.5 Å². The average Bonchev–Trinajstić information content (AvgIpc) is 4.16. The molecule has 0 saturated carbocycles. The summed E-state index contributed by atoms with van der Waals surface area (Å²) in [5.74, 6) is 0. The third kappa shape index (κ3) is 5.43. The summed E-state index contributed by atoms with van der Waals surface area (Å²) in [6, 6.07) is 79.1. The first-order chi connectivity index (χ1) is 34.6. The smallest absolute Gasteiger partial charge is 0.102 e. The quantitative estimate of drug-likeness (QED) is 0.177. The Balaban J connectivity index is 1.21.